The first-order valence-electron chi connectivity index (χ1n) is 9.20. The highest BCUT2D eigenvalue weighted by Gasteiger charge is 2.12. The van der Waals surface area contributed by atoms with Crippen LogP contribution in [0.3, 0.4) is 0 Å². The normalized spacial score (nSPS) is 12.2. The minimum absolute atomic E-state index is 0. The number of aliphatic imine (C=N–C) groups is 1. The number of nitrogens with zero attached hydrogens (tertiary/aromatic N) is 3. The van der Waals surface area contributed by atoms with Crippen LogP contribution in [0.4, 0.5) is 0 Å². The van der Waals surface area contributed by atoms with Crippen molar-refractivity contribution in [3.05, 3.63) is 46.4 Å². The highest BCUT2D eigenvalue weighted by atomic mass is 127. The number of hydrogen-bond donors (Lipinski definition) is 1. The molecule has 0 aliphatic heterocycles. The summed E-state index contributed by atoms with van der Waals surface area (Å²) in [6.45, 7) is 4.30. The number of nitrogens with one attached hydrogen (secondary N) is 1. The Kier molecular flexibility index (Phi) is 12.1. The largest absolute Gasteiger partial charge is 0.494 e. The lowest BCUT2D eigenvalue weighted by atomic mass is 10.3. The molecular weight excluding hydrogens is 487 g/mol. The van der Waals surface area contributed by atoms with Gasteiger partial charge in [0.25, 0.3) is 0 Å². The molecule has 1 N–H and O–H groups in total. The zero-order chi connectivity index (χ0) is 19.5. The summed E-state index contributed by atoms with van der Waals surface area (Å²) in [5.74, 6) is 1.79. The van der Waals surface area contributed by atoms with Gasteiger partial charge in [0.1, 0.15) is 16.9 Å². The topological polar surface area (TPSA) is 59.0 Å². The van der Waals surface area contributed by atoms with Crippen molar-refractivity contribution in [2.75, 3.05) is 34.4 Å². The number of benzene rings is 1. The summed E-state index contributed by atoms with van der Waals surface area (Å²) >= 11 is 1.63. The Hall–Kier alpha value is -1.39. The zero-order valence-corrected chi connectivity index (χ0v) is 20.2. The molecule has 1 atom stereocenters. The van der Waals surface area contributed by atoms with Gasteiger partial charge in [0, 0.05) is 33.1 Å². The molecule has 1 unspecified atom stereocenters. The number of unbranched alkanes of at least 4 members (excludes halogenated alkanes) is 1. The minimum atomic E-state index is 0. The Morgan fingerprint density at radius 2 is 2.04 bits per heavy atom. The number of aromatic nitrogens is 1. The summed E-state index contributed by atoms with van der Waals surface area (Å²) in [6, 6.07) is 9.91. The van der Waals surface area contributed by atoms with Crippen molar-refractivity contribution >= 4 is 41.3 Å². The van der Waals surface area contributed by atoms with Crippen LogP contribution in [0.15, 0.2) is 40.7 Å². The smallest absolute Gasteiger partial charge is 0.193 e. The van der Waals surface area contributed by atoms with Crippen LogP contribution in [-0.2, 0) is 11.3 Å². The van der Waals surface area contributed by atoms with E-state index in [0.717, 1.165) is 48.4 Å². The van der Waals surface area contributed by atoms with E-state index in [1.54, 1.807) is 25.5 Å². The number of rotatable bonds is 10. The Morgan fingerprint density at radius 1 is 1.29 bits per heavy atom. The van der Waals surface area contributed by atoms with Gasteiger partial charge < -0.3 is 19.7 Å². The van der Waals surface area contributed by atoms with Gasteiger partial charge in [0.05, 0.1) is 18.8 Å². The molecule has 1 aromatic heterocycles. The number of methoxy groups -OCH3 is 1. The molecule has 2 rings (SSSR count). The fourth-order valence-electron chi connectivity index (χ4n) is 2.52. The molecule has 1 heterocycles. The maximum absolute atomic E-state index is 5.71. The van der Waals surface area contributed by atoms with E-state index >= 15 is 0 Å². The Balaban J connectivity index is 0.00000392. The first-order valence-corrected chi connectivity index (χ1v) is 10.1. The Morgan fingerprint density at radius 3 is 2.71 bits per heavy atom. The Bertz CT molecular complexity index is 697. The fraction of sp³-hybridized carbons (Fsp3) is 0.500. The highest BCUT2D eigenvalue weighted by molar-refractivity contribution is 14.0. The molecule has 8 heteroatoms. The number of hydrogen-bond acceptors (Lipinski definition) is 5. The molecule has 0 fully saturated rings. The number of halogens is 1. The van der Waals surface area contributed by atoms with Crippen LogP contribution in [0.2, 0.25) is 0 Å². The number of guanidine groups is 1. The van der Waals surface area contributed by atoms with E-state index in [2.05, 4.69) is 25.6 Å². The van der Waals surface area contributed by atoms with Gasteiger partial charge in [-0.3, -0.25) is 4.99 Å². The van der Waals surface area contributed by atoms with E-state index in [1.807, 2.05) is 44.3 Å². The molecule has 2 aromatic rings. The lowest BCUT2D eigenvalue weighted by molar-refractivity contribution is 0.119. The molecule has 0 saturated carbocycles. The number of thiazole rings is 1. The summed E-state index contributed by atoms with van der Waals surface area (Å²) in [6.07, 6.45) is 2.04. The second kappa shape index (κ2) is 13.7. The van der Waals surface area contributed by atoms with E-state index < -0.39 is 0 Å². The lowest BCUT2D eigenvalue weighted by Crippen LogP contribution is -2.39. The predicted molar refractivity (Wildman–Crippen MR) is 127 cm³/mol. The van der Waals surface area contributed by atoms with Crippen LogP contribution < -0.4 is 10.1 Å². The molecule has 0 saturated heterocycles. The fourth-order valence-corrected chi connectivity index (χ4v) is 3.36. The van der Waals surface area contributed by atoms with Gasteiger partial charge in [0.2, 0.25) is 0 Å². The maximum Gasteiger partial charge on any atom is 0.193 e. The predicted octanol–water partition coefficient (Wildman–Crippen LogP) is 4.33. The molecule has 0 spiro atoms. The van der Waals surface area contributed by atoms with Crippen LogP contribution in [-0.4, -0.2) is 50.2 Å². The summed E-state index contributed by atoms with van der Waals surface area (Å²) in [5, 5.41) is 6.48. The third-order valence-electron chi connectivity index (χ3n) is 4.11. The van der Waals surface area contributed by atoms with Crippen molar-refractivity contribution in [3.63, 3.8) is 0 Å². The van der Waals surface area contributed by atoms with Gasteiger partial charge in [-0.15, -0.1) is 35.3 Å². The second-order valence-corrected chi connectivity index (χ2v) is 7.14. The van der Waals surface area contributed by atoms with Crippen molar-refractivity contribution in [2.24, 2.45) is 4.99 Å². The van der Waals surface area contributed by atoms with Crippen molar-refractivity contribution in [1.29, 1.82) is 0 Å². The lowest BCUT2D eigenvalue weighted by Gasteiger charge is -2.21. The van der Waals surface area contributed by atoms with E-state index in [9.17, 15) is 0 Å². The first-order chi connectivity index (χ1) is 13.1. The van der Waals surface area contributed by atoms with E-state index in [-0.39, 0.29) is 30.1 Å². The van der Waals surface area contributed by atoms with Gasteiger partial charge in [-0.2, -0.15) is 0 Å². The highest BCUT2D eigenvalue weighted by Crippen LogP contribution is 2.20. The summed E-state index contributed by atoms with van der Waals surface area (Å²) in [7, 11) is 5.53. The van der Waals surface area contributed by atoms with Gasteiger partial charge in [-0.1, -0.05) is 18.2 Å². The second-order valence-electron chi connectivity index (χ2n) is 6.25. The number of ether oxygens (including phenoxy) is 2. The quantitative estimate of drug-likeness (QED) is 0.220. The van der Waals surface area contributed by atoms with Crippen molar-refractivity contribution in [3.8, 4) is 5.75 Å². The monoisotopic (exact) mass is 518 g/mol. The Labute approximate surface area is 189 Å². The van der Waals surface area contributed by atoms with Gasteiger partial charge >= 0.3 is 0 Å². The molecule has 6 nitrogen and oxygen atoms in total. The molecule has 28 heavy (non-hydrogen) atoms. The van der Waals surface area contributed by atoms with Crippen LogP contribution in [0.5, 0.6) is 5.75 Å². The average molecular weight is 518 g/mol. The van der Waals surface area contributed by atoms with E-state index in [1.165, 1.54) is 0 Å². The van der Waals surface area contributed by atoms with Gasteiger partial charge in [-0.05, 0) is 31.9 Å². The van der Waals surface area contributed by atoms with E-state index in [4.69, 9.17) is 9.47 Å². The standard InChI is InChI=1S/C20H30N4O2S.HI/c1-16(25-4)19-23-17(15-27-19)14-24(3)20(21-2)22-12-8-9-13-26-18-10-6-5-7-11-18;/h5-7,10-11,15-16H,8-9,12-14H2,1-4H3,(H,21,22);1H. The van der Waals surface area contributed by atoms with Crippen molar-refractivity contribution in [2.45, 2.75) is 32.4 Å². The zero-order valence-electron chi connectivity index (χ0n) is 17.1. The molecule has 0 amide bonds. The van der Waals surface area contributed by atoms with Crippen LogP contribution in [0, 0.1) is 0 Å². The third kappa shape index (κ3) is 8.32. The van der Waals surface area contributed by atoms with Gasteiger partial charge in [-0.25, -0.2) is 4.98 Å². The molecule has 1 aromatic carbocycles. The van der Waals surface area contributed by atoms with Crippen LogP contribution >= 0.6 is 35.3 Å². The van der Waals surface area contributed by atoms with Crippen LogP contribution in [0.25, 0.3) is 0 Å². The molecular formula is C20H31IN4O2S. The van der Waals surface area contributed by atoms with Crippen molar-refractivity contribution in [1.82, 2.24) is 15.2 Å². The van der Waals surface area contributed by atoms with Crippen LogP contribution in [0.1, 0.15) is 36.6 Å². The maximum atomic E-state index is 5.71. The summed E-state index contributed by atoms with van der Waals surface area (Å²) in [5.41, 5.74) is 1.03. The first kappa shape index (κ1) is 24.6. The molecule has 156 valence electrons. The molecule has 0 bridgehead atoms. The average Bonchev–Trinajstić information content (AvgIpc) is 3.16. The van der Waals surface area contributed by atoms with E-state index in [0.29, 0.717) is 6.54 Å². The number of para-hydroxylation sites is 1. The van der Waals surface area contributed by atoms with Gasteiger partial charge in [0.15, 0.2) is 5.96 Å². The SMILES string of the molecule is CN=C(NCCCCOc1ccccc1)N(C)Cc1csc(C(C)OC)n1.I. The minimum Gasteiger partial charge on any atom is -0.494 e. The molecule has 0 radical (unpaired) electrons. The third-order valence-corrected chi connectivity index (χ3v) is 5.16. The summed E-state index contributed by atoms with van der Waals surface area (Å²) in [4.78, 5) is 11.1. The summed E-state index contributed by atoms with van der Waals surface area (Å²) < 4.78 is 11.0. The molecule has 0 aliphatic rings. The molecule has 0 aliphatic carbocycles. The van der Waals surface area contributed by atoms with Crippen molar-refractivity contribution < 1.29 is 9.47 Å².